The minimum atomic E-state index is -3.60. The van der Waals surface area contributed by atoms with Crippen LogP contribution in [0.2, 0.25) is 0 Å². The Kier molecular flexibility index (Phi) is 5.46. The third-order valence-electron chi connectivity index (χ3n) is 3.41. The van der Waals surface area contributed by atoms with Gasteiger partial charge in [-0.3, -0.25) is 0 Å². The van der Waals surface area contributed by atoms with Crippen LogP contribution in [-0.4, -0.2) is 19.3 Å². The Balaban J connectivity index is 2.34. The maximum absolute atomic E-state index is 12.7. The summed E-state index contributed by atoms with van der Waals surface area (Å²) in [6, 6.07) is 17.4. The Hall–Kier alpha value is -2.25. The number of hydrogen-bond acceptors (Lipinski definition) is 2. The molecule has 0 unspecified atom stereocenters. The first kappa shape index (κ1) is 17.1. The van der Waals surface area contributed by atoms with E-state index < -0.39 is 10.0 Å². The highest BCUT2D eigenvalue weighted by atomic mass is 32.2. The van der Waals surface area contributed by atoms with Gasteiger partial charge < -0.3 is 0 Å². The molecule has 4 heteroatoms. The first-order chi connectivity index (χ1) is 10.9. The van der Waals surface area contributed by atoms with Gasteiger partial charge in [-0.25, -0.2) is 12.7 Å². The summed E-state index contributed by atoms with van der Waals surface area (Å²) in [5, 5.41) is 0. The fourth-order valence-corrected chi connectivity index (χ4v) is 3.36. The fourth-order valence-electron chi connectivity index (χ4n) is 2.04. The Morgan fingerprint density at radius 2 is 1.43 bits per heavy atom. The van der Waals surface area contributed by atoms with Crippen LogP contribution in [0.3, 0.4) is 0 Å². The summed E-state index contributed by atoms with van der Waals surface area (Å²) in [5.41, 5.74) is 2.97. The molecule has 2 aromatic rings. The molecule has 0 bridgehead atoms. The van der Waals surface area contributed by atoms with E-state index in [0.29, 0.717) is 13.0 Å². The molecule has 120 valence electrons. The number of sulfonamides is 1. The highest BCUT2D eigenvalue weighted by Crippen LogP contribution is 2.16. The van der Waals surface area contributed by atoms with Crippen LogP contribution in [0.15, 0.2) is 53.4 Å². The average molecular weight is 327 g/mol. The zero-order valence-corrected chi connectivity index (χ0v) is 14.5. The monoisotopic (exact) mass is 327 g/mol. The first-order valence-electron chi connectivity index (χ1n) is 7.61. The molecule has 0 saturated carbocycles. The highest BCUT2D eigenvalue weighted by molar-refractivity contribution is 7.89. The van der Waals surface area contributed by atoms with Gasteiger partial charge in [0.15, 0.2) is 0 Å². The van der Waals surface area contributed by atoms with Gasteiger partial charge >= 0.3 is 0 Å². The maximum atomic E-state index is 12.7. The van der Waals surface area contributed by atoms with Crippen LogP contribution in [0.25, 0.3) is 0 Å². The zero-order valence-electron chi connectivity index (χ0n) is 13.7. The van der Waals surface area contributed by atoms with Crippen LogP contribution in [-0.2, 0) is 10.0 Å². The second-order valence-electron chi connectivity index (χ2n) is 5.49. The van der Waals surface area contributed by atoms with Crippen LogP contribution in [0.4, 0.5) is 0 Å². The van der Waals surface area contributed by atoms with Crippen molar-refractivity contribution >= 4 is 10.0 Å². The van der Waals surface area contributed by atoms with Crippen molar-refractivity contribution in [1.29, 1.82) is 0 Å². The Labute approximate surface area is 139 Å². The average Bonchev–Trinajstić information content (AvgIpc) is 2.53. The molecule has 23 heavy (non-hydrogen) atoms. The van der Waals surface area contributed by atoms with Gasteiger partial charge in [0.25, 0.3) is 10.0 Å². The lowest BCUT2D eigenvalue weighted by Crippen LogP contribution is -2.27. The Morgan fingerprint density at radius 1 is 0.913 bits per heavy atom. The molecule has 0 atom stereocenters. The van der Waals surface area contributed by atoms with Gasteiger partial charge in [-0.1, -0.05) is 42.3 Å². The lowest BCUT2D eigenvalue weighted by atomic mass is 10.2. The van der Waals surface area contributed by atoms with Gasteiger partial charge in [-0.15, -0.1) is 0 Å². The van der Waals surface area contributed by atoms with Crippen molar-refractivity contribution in [2.75, 3.05) is 6.54 Å². The van der Waals surface area contributed by atoms with E-state index in [1.165, 1.54) is 4.31 Å². The summed E-state index contributed by atoms with van der Waals surface area (Å²) in [7, 11) is -3.60. The van der Waals surface area contributed by atoms with Gasteiger partial charge in [-0.2, -0.15) is 0 Å². The zero-order chi connectivity index (χ0) is 16.9. The third kappa shape index (κ3) is 4.37. The van der Waals surface area contributed by atoms with Crippen LogP contribution >= 0.6 is 0 Å². The second kappa shape index (κ2) is 7.34. The molecule has 0 aliphatic carbocycles. The predicted molar refractivity (Wildman–Crippen MR) is 93.4 cm³/mol. The SMILES string of the molecule is CCCN(C#Cc1ccc(C)cc1)S(=O)(=O)c1ccc(C)cc1. The summed E-state index contributed by atoms with van der Waals surface area (Å²) in [5.74, 6) is 2.94. The van der Waals surface area contributed by atoms with Crippen molar-refractivity contribution in [3.8, 4) is 12.0 Å². The summed E-state index contributed by atoms with van der Waals surface area (Å²) >= 11 is 0. The summed E-state index contributed by atoms with van der Waals surface area (Å²) in [6.07, 6.45) is 0.702. The van der Waals surface area contributed by atoms with Crippen molar-refractivity contribution in [1.82, 2.24) is 4.31 Å². The molecular formula is C19H21NO2S. The lowest BCUT2D eigenvalue weighted by Gasteiger charge is -2.17. The second-order valence-corrected chi connectivity index (χ2v) is 7.36. The Morgan fingerprint density at radius 3 is 1.96 bits per heavy atom. The van der Waals surface area contributed by atoms with E-state index in [1.807, 2.05) is 45.0 Å². The Bertz CT molecular complexity index is 810. The third-order valence-corrected chi connectivity index (χ3v) is 5.13. The minimum absolute atomic E-state index is 0.273. The molecule has 0 aliphatic rings. The number of benzene rings is 2. The van der Waals surface area contributed by atoms with E-state index >= 15 is 0 Å². The highest BCUT2D eigenvalue weighted by Gasteiger charge is 2.21. The van der Waals surface area contributed by atoms with Crippen LogP contribution in [0.1, 0.15) is 30.0 Å². The molecule has 2 rings (SSSR count). The van der Waals surface area contributed by atoms with Crippen LogP contribution < -0.4 is 0 Å². The molecular weight excluding hydrogens is 306 g/mol. The molecule has 3 nitrogen and oxygen atoms in total. The van der Waals surface area contributed by atoms with Gasteiger partial charge in [0, 0.05) is 18.2 Å². The van der Waals surface area contributed by atoms with Crippen molar-refractivity contribution in [3.05, 3.63) is 65.2 Å². The van der Waals surface area contributed by atoms with Gasteiger partial charge in [0.2, 0.25) is 0 Å². The fraction of sp³-hybridized carbons (Fsp3) is 0.263. The number of hydrogen-bond donors (Lipinski definition) is 0. The largest absolute Gasteiger partial charge is 0.270 e. The van der Waals surface area contributed by atoms with Crippen molar-refractivity contribution < 1.29 is 8.42 Å². The number of aryl methyl sites for hydroxylation is 2. The molecule has 0 amide bonds. The topological polar surface area (TPSA) is 37.4 Å². The summed E-state index contributed by atoms with van der Waals surface area (Å²) in [4.78, 5) is 0.273. The summed E-state index contributed by atoms with van der Waals surface area (Å²) in [6.45, 7) is 6.24. The van der Waals surface area contributed by atoms with Gasteiger partial charge in [0.05, 0.1) is 4.90 Å². The molecule has 0 fully saturated rings. The predicted octanol–water partition coefficient (Wildman–Crippen LogP) is 3.71. The molecule has 0 heterocycles. The van der Waals surface area contributed by atoms with Crippen LogP contribution in [0.5, 0.6) is 0 Å². The lowest BCUT2D eigenvalue weighted by molar-refractivity contribution is 0.508. The molecule has 0 aliphatic heterocycles. The van der Waals surface area contributed by atoms with E-state index in [9.17, 15) is 8.42 Å². The molecule has 0 saturated heterocycles. The number of rotatable bonds is 4. The maximum Gasteiger partial charge on any atom is 0.270 e. The molecule has 0 N–H and O–H groups in total. The summed E-state index contributed by atoms with van der Waals surface area (Å²) < 4.78 is 26.7. The van der Waals surface area contributed by atoms with E-state index in [2.05, 4.69) is 12.0 Å². The van der Waals surface area contributed by atoms with E-state index in [1.54, 1.807) is 24.3 Å². The minimum Gasteiger partial charge on any atom is -0.224 e. The molecule has 0 aromatic heterocycles. The molecule has 2 aromatic carbocycles. The van der Waals surface area contributed by atoms with E-state index in [0.717, 1.165) is 16.7 Å². The van der Waals surface area contributed by atoms with Gasteiger partial charge in [0.1, 0.15) is 0 Å². The van der Waals surface area contributed by atoms with E-state index in [-0.39, 0.29) is 4.90 Å². The standard InChI is InChI=1S/C19H21NO2S/c1-4-14-20(15-13-18-9-5-16(2)6-10-18)23(21,22)19-11-7-17(3)8-12-19/h5-12H,4,14H2,1-3H3. The van der Waals surface area contributed by atoms with Crippen LogP contribution in [0, 0.1) is 25.8 Å². The molecule has 0 spiro atoms. The van der Waals surface area contributed by atoms with Gasteiger partial charge in [-0.05, 0) is 50.5 Å². The van der Waals surface area contributed by atoms with Crippen molar-refractivity contribution in [3.63, 3.8) is 0 Å². The quantitative estimate of drug-likeness (QED) is 0.634. The first-order valence-corrected chi connectivity index (χ1v) is 9.05. The smallest absolute Gasteiger partial charge is 0.224 e. The van der Waals surface area contributed by atoms with Crippen molar-refractivity contribution in [2.45, 2.75) is 32.1 Å². The number of nitrogens with zero attached hydrogens (tertiary/aromatic N) is 1. The normalized spacial score (nSPS) is 10.7. The van der Waals surface area contributed by atoms with E-state index in [4.69, 9.17) is 0 Å². The van der Waals surface area contributed by atoms with Crippen molar-refractivity contribution in [2.24, 2.45) is 0 Å². The molecule has 0 radical (unpaired) electrons.